The van der Waals surface area contributed by atoms with Crippen LogP contribution < -0.4 is 15.2 Å². The van der Waals surface area contributed by atoms with E-state index in [-0.39, 0.29) is 12.1 Å². The zero-order valence-corrected chi connectivity index (χ0v) is 11.5. The summed E-state index contributed by atoms with van der Waals surface area (Å²) in [4.78, 5) is 0. The molecule has 3 nitrogen and oxygen atoms in total. The third kappa shape index (κ3) is 4.10. The predicted molar refractivity (Wildman–Crippen MR) is 71.1 cm³/mol. The van der Waals surface area contributed by atoms with Crippen LogP contribution in [0.1, 0.15) is 26.3 Å². The maximum absolute atomic E-state index is 6.19. The molecule has 1 aromatic rings. The van der Waals surface area contributed by atoms with Crippen LogP contribution >= 0.6 is 11.6 Å². The number of methoxy groups -OCH3 is 1. The molecule has 0 saturated carbocycles. The average molecular weight is 258 g/mol. The van der Waals surface area contributed by atoms with Gasteiger partial charge in [-0.05, 0) is 38.8 Å². The summed E-state index contributed by atoms with van der Waals surface area (Å²) >= 11 is 6.19. The van der Waals surface area contributed by atoms with Crippen LogP contribution in [0, 0.1) is 0 Å². The van der Waals surface area contributed by atoms with Gasteiger partial charge in [-0.15, -0.1) is 0 Å². The first-order valence-corrected chi connectivity index (χ1v) is 6.10. The monoisotopic (exact) mass is 257 g/mol. The maximum atomic E-state index is 6.19. The topological polar surface area (TPSA) is 44.5 Å². The highest BCUT2D eigenvalue weighted by Crippen LogP contribution is 2.34. The van der Waals surface area contributed by atoms with Crippen molar-refractivity contribution in [2.75, 3.05) is 7.11 Å². The van der Waals surface area contributed by atoms with Gasteiger partial charge in [-0.1, -0.05) is 11.6 Å². The van der Waals surface area contributed by atoms with Crippen LogP contribution in [0.25, 0.3) is 0 Å². The second-order valence-corrected chi connectivity index (χ2v) is 4.85. The van der Waals surface area contributed by atoms with E-state index in [0.29, 0.717) is 16.5 Å². The number of hydrogen-bond acceptors (Lipinski definition) is 3. The fourth-order valence-electron chi connectivity index (χ4n) is 1.59. The van der Waals surface area contributed by atoms with E-state index in [1.54, 1.807) is 13.2 Å². The fraction of sp³-hybridized carbons (Fsp3) is 0.538. The van der Waals surface area contributed by atoms with Crippen molar-refractivity contribution in [3.8, 4) is 11.5 Å². The number of nitrogens with two attached hydrogens (primary N) is 1. The summed E-state index contributed by atoms with van der Waals surface area (Å²) in [6, 6.07) is 3.75. The van der Waals surface area contributed by atoms with Crippen molar-refractivity contribution in [1.82, 2.24) is 0 Å². The first-order chi connectivity index (χ1) is 7.93. The van der Waals surface area contributed by atoms with Crippen molar-refractivity contribution in [1.29, 1.82) is 0 Å². The van der Waals surface area contributed by atoms with E-state index in [1.165, 1.54) is 0 Å². The maximum Gasteiger partial charge on any atom is 0.163 e. The summed E-state index contributed by atoms with van der Waals surface area (Å²) in [5.74, 6) is 1.36. The van der Waals surface area contributed by atoms with Gasteiger partial charge < -0.3 is 15.2 Å². The van der Waals surface area contributed by atoms with Gasteiger partial charge in [-0.25, -0.2) is 0 Å². The van der Waals surface area contributed by atoms with E-state index in [2.05, 4.69) is 0 Å². The van der Waals surface area contributed by atoms with Crippen molar-refractivity contribution in [2.24, 2.45) is 5.73 Å². The molecule has 1 rings (SSSR count). The molecule has 1 atom stereocenters. The zero-order valence-electron chi connectivity index (χ0n) is 10.8. The molecule has 0 amide bonds. The van der Waals surface area contributed by atoms with Crippen LogP contribution in [0.2, 0.25) is 5.02 Å². The normalized spacial score (nSPS) is 12.6. The van der Waals surface area contributed by atoms with Gasteiger partial charge in [0.05, 0.1) is 13.2 Å². The molecule has 96 valence electrons. The molecule has 1 unspecified atom stereocenters. The van der Waals surface area contributed by atoms with Gasteiger partial charge in [0.1, 0.15) is 0 Å². The first-order valence-electron chi connectivity index (χ1n) is 5.72. The van der Waals surface area contributed by atoms with Crippen molar-refractivity contribution in [2.45, 2.75) is 39.3 Å². The van der Waals surface area contributed by atoms with E-state index in [0.717, 1.165) is 12.0 Å². The van der Waals surface area contributed by atoms with Crippen molar-refractivity contribution >= 4 is 11.6 Å². The quantitative estimate of drug-likeness (QED) is 0.882. The lowest BCUT2D eigenvalue weighted by atomic mass is 10.1. The lowest BCUT2D eigenvalue weighted by Crippen LogP contribution is -2.18. The molecule has 0 aliphatic carbocycles. The first kappa shape index (κ1) is 14.1. The molecule has 0 bridgehead atoms. The van der Waals surface area contributed by atoms with Gasteiger partial charge in [-0.2, -0.15) is 0 Å². The smallest absolute Gasteiger partial charge is 0.163 e. The Labute approximate surface area is 108 Å². The molecule has 0 aliphatic rings. The van der Waals surface area contributed by atoms with Crippen LogP contribution in [-0.4, -0.2) is 19.3 Å². The minimum atomic E-state index is 0.0640. The number of halogens is 1. The lowest BCUT2D eigenvalue weighted by Gasteiger charge is -2.16. The highest BCUT2D eigenvalue weighted by molar-refractivity contribution is 6.31. The van der Waals surface area contributed by atoms with Crippen LogP contribution in [0.5, 0.6) is 11.5 Å². The second kappa shape index (κ2) is 6.12. The predicted octanol–water partition coefficient (Wildman–Crippen LogP) is 3.03. The van der Waals surface area contributed by atoms with Crippen molar-refractivity contribution in [3.63, 3.8) is 0 Å². The fourth-order valence-corrected chi connectivity index (χ4v) is 1.82. The molecule has 4 heteroatoms. The molecular weight excluding hydrogens is 238 g/mol. The molecule has 2 N–H and O–H groups in total. The van der Waals surface area contributed by atoms with E-state index >= 15 is 0 Å². The Morgan fingerprint density at radius 3 is 2.35 bits per heavy atom. The third-order valence-electron chi connectivity index (χ3n) is 2.24. The Bertz CT molecular complexity index is 378. The summed E-state index contributed by atoms with van der Waals surface area (Å²) < 4.78 is 10.9. The molecule has 0 aromatic heterocycles. The Balaban J connectivity index is 3.06. The van der Waals surface area contributed by atoms with E-state index < -0.39 is 0 Å². The molecule has 0 aliphatic heterocycles. The summed E-state index contributed by atoms with van der Waals surface area (Å²) in [6.45, 7) is 5.87. The molecule has 0 heterocycles. The largest absolute Gasteiger partial charge is 0.493 e. The summed E-state index contributed by atoms with van der Waals surface area (Å²) in [5.41, 5.74) is 6.75. The molecular formula is C13H20ClNO2. The minimum Gasteiger partial charge on any atom is -0.493 e. The average Bonchev–Trinajstić information content (AvgIpc) is 2.20. The lowest BCUT2D eigenvalue weighted by molar-refractivity contribution is 0.230. The van der Waals surface area contributed by atoms with Gasteiger partial charge in [0.2, 0.25) is 0 Å². The molecule has 1 aromatic carbocycles. The van der Waals surface area contributed by atoms with Gasteiger partial charge in [0.25, 0.3) is 0 Å². The molecule has 0 radical (unpaired) electrons. The molecule has 17 heavy (non-hydrogen) atoms. The zero-order chi connectivity index (χ0) is 13.0. The summed E-state index contributed by atoms with van der Waals surface area (Å²) in [7, 11) is 1.62. The van der Waals surface area contributed by atoms with Crippen LogP contribution in [-0.2, 0) is 6.42 Å². The SMILES string of the molecule is COc1cc(CC(C)N)c(Cl)cc1OC(C)C. The highest BCUT2D eigenvalue weighted by atomic mass is 35.5. The summed E-state index contributed by atoms with van der Waals surface area (Å²) in [6.07, 6.45) is 0.802. The van der Waals surface area contributed by atoms with E-state index in [1.807, 2.05) is 26.8 Å². The number of hydrogen-bond donors (Lipinski definition) is 1. The van der Waals surface area contributed by atoms with E-state index in [9.17, 15) is 0 Å². The third-order valence-corrected chi connectivity index (χ3v) is 2.59. The summed E-state index contributed by atoms with van der Waals surface area (Å²) in [5, 5.41) is 0.666. The van der Waals surface area contributed by atoms with Crippen LogP contribution in [0.3, 0.4) is 0 Å². The standard InChI is InChI=1S/C13H20ClNO2/c1-8(2)17-13-7-11(14)10(5-9(3)15)6-12(13)16-4/h6-9H,5,15H2,1-4H3. The molecule has 0 spiro atoms. The van der Waals surface area contributed by atoms with Crippen LogP contribution in [0.4, 0.5) is 0 Å². The van der Waals surface area contributed by atoms with Gasteiger partial charge in [-0.3, -0.25) is 0 Å². The number of ether oxygens (including phenoxy) is 2. The van der Waals surface area contributed by atoms with Gasteiger partial charge in [0, 0.05) is 17.1 Å². The number of rotatable bonds is 5. The minimum absolute atomic E-state index is 0.0640. The molecule has 0 fully saturated rings. The number of benzene rings is 1. The Kier molecular flexibility index (Phi) is 5.09. The van der Waals surface area contributed by atoms with E-state index in [4.69, 9.17) is 26.8 Å². The van der Waals surface area contributed by atoms with Crippen molar-refractivity contribution < 1.29 is 9.47 Å². The highest BCUT2D eigenvalue weighted by Gasteiger charge is 2.12. The van der Waals surface area contributed by atoms with Gasteiger partial charge in [0.15, 0.2) is 11.5 Å². The Morgan fingerprint density at radius 2 is 1.88 bits per heavy atom. The Hall–Kier alpha value is -0.930. The van der Waals surface area contributed by atoms with Crippen LogP contribution in [0.15, 0.2) is 12.1 Å². The Morgan fingerprint density at radius 1 is 1.24 bits per heavy atom. The molecule has 0 saturated heterocycles. The van der Waals surface area contributed by atoms with Crippen molar-refractivity contribution in [3.05, 3.63) is 22.7 Å². The second-order valence-electron chi connectivity index (χ2n) is 4.44. The van der Waals surface area contributed by atoms with Gasteiger partial charge >= 0.3 is 0 Å².